The van der Waals surface area contributed by atoms with Gasteiger partial charge in [0.25, 0.3) is 0 Å². The molecular formula is C16H29IN2O. The molecule has 0 radical (unpaired) electrons. The lowest BCUT2D eigenvalue weighted by Gasteiger charge is -2.36. The molecule has 1 aromatic rings. The number of nitrogens with zero attached hydrogens (tertiary/aromatic N) is 1. The molecule has 0 aliphatic rings. The Morgan fingerprint density at radius 2 is 1.70 bits per heavy atom. The van der Waals surface area contributed by atoms with Crippen LogP contribution in [0.4, 0.5) is 5.69 Å². The van der Waals surface area contributed by atoms with Crippen molar-refractivity contribution in [1.29, 1.82) is 0 Å². The Labute approximate surface area is 140 Å². The fourth-order valence-corrected chi connectivity index (χ4v) is 2.68. The highest BCUT2D eigenvalue weighted by Crippen LogP contribution is 2.17. The molecule has 3 nitrogen and oxygen atoms in total. The maximum absolute atomic E-state index is 9.53. The molecule has 3 N–H and O–H groups in total. The Kier molecular flexibility index (Phi) is 8.70. The number of rotatable bonds is 7. The minimum Gasteiger partial charge on any atom is -1.00 e. The third-order valence-corrected chi connectivity index (χ3v) is 3.44. The van der Waals surface area contributed by atoms with Gasteiger partial charge in [-0.2, -0.15) is 0 Å². The monoisotopic (exact) mass is 392 g/mol. The Balaban J connectivity index is 0.00000361. The van der Waals surface area contributed by atoms with Crippen LogP contribution in [-0.2, 0) is 6.54 Å². The molecule has 0 bridgehead atoms. The summed E-state index contributed by atoms with van der Waals surface area (Å²) in [5.74, 6) is 0.646. The number of anilines is 1. The first-order chi connectivity index (χ1) is 8.81. The SMILES string of the molecule is CC(C)C[N+](C)(CCC(C)O)Cc1ccc(N)cc1.[I-]. The molecule has 1 aromatic carbocycles. The first-order valence-corrected chi connectivity index (χ1v) is 7.17. The second-order valence-electron chi connectivity index (χ2n) is 6.46. The Morgan fingerprint density at radius 3 is 2.15 bits per heavy atom. The summed E-state index contributed by atoms with van der Waals surface area (Å²) in [4.78, 5) is 0. The van der Waals surface area contributed by atoms with Gasteiger partial charge in [0.2, 0.25) is 0 Å². The summed E-state index contributed by atoms with van der Waals surface area (Å²) in [5.41, 5.74) is 7.85. The van der Waals surface area contributed by atoms with E-state index in [4.69, 9.17) is 5.73 Å². The topological polar surface area (TPSA) is 46.2 Å². The Hall–Kier alpha value is -0.330. The maximum atomic E-state index is 9.53. The second kappa shape index (κ2) is 8.85. The van der Waals surface area contributed by atoms with Crippen LogP contribution in [0.5, 0.6) is 0 Å². The van der Waals surface area contributed by atoms with Crippen LogP contribution in [0.2, 0.25) is 0 Å². The van der Waals surface area contributed by atoms with Crippen molar-refractivity contribution in [2.24, 2.45) is 5.92 Å². The van der Waals surface area contributed by atoms with Crippen LogP contribution < -0.4 is 29.7 Å². The van der Waals surface area contributed by atoms with E-state index in [1.54, 1.807) is 0 Å². The van der Waals surface area contributed by atoms with Crippen LogP contribution in [0, 0.1) is 5.92 Å². The molecule has 2 atom stereocenters. The van der Waals surface area contributed by atoms with Gasteiger partial charge >= 0.3 is 0 Å². The van der Waals surface area contributed by atoms with Crippen LogP contribution in [-0.4, -0.2) is 35.8 Å². The number of aliphatic hydroxyl groups is 1. The molecular weight excluding hydrogens is 363 g/mol. The molecule has 0 amide bonds. The van der Waals surface area contributed by atoms with Gasteiger partial charge < -0.3 is 39.3 Å². The number of hydrogen-bond donors (Lipinski definition) is 2. The molecule has 2 unspecified atom stereocenters. The average Bonchev–Trinajstić information content (AvgIpc) is 2.29. The third-order valence-electron chi connectivity index (χ3n) is 3.44. The first kappa shape index (κ1) is 19.7. The van der Waals surface area contributed by atoms with Crippen LogP contribution in [0.1, 0.15) is 32.8 Å². The molecule has 0 aliphatic heterocycles. The average molecular weight is 392 g/mol. The molecule has 1 rings (SSSR count). The highest BCUT2D eigenvalue weighted by Gasteiger charge is 2.24. The Bertz CT molecular complexity index is 379. The summed E-state index contributed by atoms with van der Waals surface area (Å²) in [6.45, 7) is 9.48. The molecule has 0 aromatic heterocycles. The van der Waals surface area contributed by atoms with Crippen molar-refractivity contribution in [3.63, 3.8) is 0 Å². The number of aliphatic hydroxyl groups excluding tert-OH is 1. The minimum atomic E-state index is -0.226. The molecule has 116 valence electrons. The fourth-order valence-electron chi connectivity index (χ4n) is 2.68. The molecule has 0 spiro atoms. The van der Waals surface area contributed by atoms with Gasteiger partial charge in [0.15, 0.2) is 0 Å². The molecule has 0 saturated carbocycles. The van der Waals surface area contributed by atoms with Crippen LogP contribution in [0.25, 0.3) is 0 Å². The normalized spacial score (nSPS) is 15.5. The summed E-state index contributed by atoms with van der Waals surface area (Å²) < 4.78 is 0.965. The van der Waals surface area contributed by atoms with Crippen molar-refractivity contribution in [3.05, 3.63) is 29.8 Å². The van der Waals surface area contributed by atoms with Crippen molar-refractivity contribution < 1.29 is 33.6 Å². The summed E-state index contributed by atoms with van der Waals surface area (Å²) in [6.07, 6.45) is 0.620. The van der Waals surface area contributed by atoms with Crippen LogP contribution in [0.3, 0.4) is 0 Å². The molecule has 0 aliphatic carbocycles. The smallest absolute Gasteiger partial charge is 0.104 e. The van der Waals surface area contributed by atoms with E-state index in [1.165, 1.54) is 5.56 Å². The summed E-state index contributed by atoms with van der Waals surface area (Å²) in [7, 11) is 2.28. The summed E-state index contributed by atoms with van der Waals surface area (Å²) in [6, 6.07) is 8.14. The zero-order valence-corrected chi connectivity index (χ0v) is 15.3. The number of nitrogen functional groups attached to an aromatic ring is 1. The van der Waals surface area contributed by atoms with E-state index in [1.807, 2.05) is 19.1 Å². The Morgan fingerprint density at radius 1 is 1.15 bits per heavy atom. The molecule has 0 saturated heterocycles. The number of nitrogens with two attached hydrogens (primary N) is 1. The second-order valence-corrected chi connectivity index (χ2v) is 6.46. The summed E-state index contributed by atoms with van der Waals surface area (Å²) >= 11 is 0. The van der Waals surface area contributed by atoms with E-state index in [0.29, 0.717) is 5.92 Å². The molecule has 20 heavy (non-hydrogen) atoms. The quantitative estimate of drug-likeness (QED) is 0.379. The van der Waals surface area contributed by atoms with Gasteiger partial charge in [-0.05, 0) is 19.1 Å². The lowest BCUT2D eigenvalue weighted by atomic mass is 10.1. The van der Waals surface area contributed by atoms with Gasteiger partial charge in [-0.1, -0.05) is 26.0 Å². The number of halogens is 1. The predicted octanol–water partition coefficient (Wildman–Crippen LogP) is -0.354. The zero-order valence-electron chi connectivity index (χ0n) is 13.1. The van der Waals surface area contributed by atoms with E-state index >= 15 is 0 Å². The molecule has 4 heteroatoms. The van der Waals surface area contributed by atoms with Crippen molar-refractivity contribution in [1.82, 2.24) is 0 Å². The standard InChI is InChI=1S/C16H29N2O.HI/c1-13(2)11-18(4,10-9-14(3)19)12-15-5-7-16(17)8-6-15;/h5-8,13-14,19H,9-12,17H2,1-4H3;1H/q+1;/p-1. The van der Waals surface area contributed by atoms with Crippen molar-refractivity contribution in [3.8, 4) is 0 Å². The minimum absolute atomic E-state index is 0. The van der Waals surface area contributed by atoms with Crippen molar-refractivity contribution in [2.45, 2.75) is 39.8 Å². The van der Waals surface area contributed by atoms with Gasteiger partial charge in [-0.25, -0.2) is 0 Å². The van der Waals surface area contributed by atoms with Crippen LogP contribution in [0.15, 0.2) is 24.3 Å². The largest absolute Gasteiger partial charge is 1.00 e. The van der Waals surface area contributed by atoms with Gasteiger partial charge in [-0.15, -0.1) is 0 Å². The maximum Gasteiger partial charge on any atom is 0.104 e. The molecule has 0 fully saturated rings. The van der Waals surface area contributed by atoms with Crippen LogP contribution >= 0.6 is 0 Å². The predicted molar refractivity (Wildman–Crippen MR) is 81.6 cm³/mol. The third kappa shape index (κ3) is 7.45. The van der Waals surface area contributed by atoms with Crippen molar-refractivity contribution >= 4 is 5.69 Å². The van der Waals surface area contributed by atoms with E-state index < -0.39 is 0 Å². The van der Waals surface area contributed by atoms with E-state index in [-0.39, 0.29) is 30.1 Å². The lowest BCUT2D eigenvalue weighted by molar-refractivity contribution is -0.925. The first-order valence-electron chi connectivity index (χ1n) is 7.17. The van der Waals surface area contributed by atoms with Crippen molar-refractivity contribution in [2.75, 3.05) is 25.9 Å². The van der Waals surface area contributed by atoms with Gasteiger partial charge in [0, 0.05) is 23.6 Å². The zero-order chi connectivity index (χ0) is 14.5. The van der Waals surface area contributed by atoms with Gasteiger partial charge in [0.05, 0.1) is 26.2 Å². The summed E-state index contributed by atoms with van der Waals surface area (Å²) in [5, 5.41) is 9.53. The highest BCUT2D eigenvalue weighted by atomic mass is 127. The number of benzene rings is 1. The van der Waals surface area contributed by atoms with E-state index in [2.05, 4.69) is 33.0 Å². The van der Waals surface area contributed by atoms with Gasteiger partial charge in [0.1, 0.15) is 6.54 Å². The number of hydrogen-bond acceptors (Lipinski definition) is 2. The lowest BCUT2D eigenvalue weighted by Crippen LogP contribution is -3.00. The highest BCUT2D eigenvalue weighted by molar-refractivity contribution is 5.39. The molecule has 0 heterocycles. The van der Waals surface area contributed by atoms with E-state index in [0.717, 1.165) is 36.2 Å². The fraction of sp³-hybridized carbons (Fsp3) is 0.625. The van der Waals surface area contributed by atoms with Gasteiger partial charge in [-0.3, -0.25) is 0 Å². The van der Waals surface area contributed by atoms with E-state index in [9.17, 15) is 5.11 Å². The number of quaternary nitrogens is 1.